The molecular formula is C32H37Cl2SiZr. The molecule has 0 N–H and O–H groups in total. The molecular weight excluding hydrogens is 575 g/mol. The second-order valence-electron chi connectivity index (χ2n) is 11.0. The van der Waals surface area contributed by atoms with Crippen molar-refractivity contribution in [2.45, 2.75) is 59.9 Å². The van der Waals surface area contributed by atoms with Crippen molar-refractivity contribution >= 4 is 35.1 Å². The van der Waals surface area contributed by atoms with E-state index >= 15 is 0 Å². The molecule has 0 saturated heterocycles. The number of hydrogen-bond donors (Lipinski definition) is 0. The summed E-state index contributed by atoms with van der Waals surface area (Å²) >= 11 is -4.47. The van der Waals surface area contributed by atoms with Crippen molar-refractivity contribution in [1.82, 2.24) is 0 Å². The van der Waals surface area contributed by atoms with Crippen LogP contribution in [-0.2, 0) is 22.0 Å². The summed E-state index contributed by atoms with van der Waals surface area (Å²) in [5.74, 6) is -1.45. The van der Waals surface area contributed by atoms with Crippen LogP contribution in [0.5, 0.6) is 0 Å². The standard InChI is InChI=1S/C21H23.C9H7.C2H7Si.2ClH.Zr/c1-3-5-7-17-10-12-18(13-11-17)20-9-6-8-19-14-16(4-2)15-21(19)20;1-2-5-9-7-3-6-8(9)4-1;1-3-2;;;/h6,8-15H,3-5,7H2,1-2H3;1-7H;3H,1-2H3;2*1H;/q;;;;;+2/p-2. The molecule has 0 aliphatic heterocycles. The first kappa shape index (κ1) is 26.4. The van der Waals surface area contributed by atoms with Crippen LogP contribution in [0, 0.1) is 0 Å². The number of allylic oxidation sites excluding steroid dienone is 2. The van der Waals surface area contributed by atoms with E-state index in [0.717, 1.165) is 12.8 Å². The first-order valence-corrected chi connectivity index (χ1v) is 29.9. The van der Waals surface area contributed by atoms with E-state index in [4.69, 9.17) is 17.0 Å². The van der Waals surface area contributed by atoms with Crippen LogP contribution in [0.15, 0.2) is 78.4 Å². The molecule has 0 spiro atoms. The van der Waals surface area contributed by atoms with Crippen LogP contribution < -0.4 is 0 Å². The molecule has 3 aromatic carbocycles. The van der Waals surface area contributed by atoms with Gasteiger partial charge in [-0.05, 0) is 0 Å². The van der Waals surface area contributed by atoms with Gasteiger partial charge in [-0.1, -0.05) is 0 Å². The Morgan fingerprint density at radius 3 is 2.28 bits per heavy atom. The summed E-state index contributed by atoms with van der Waals surface area (Å²) in [7, 11) is 16.4. The van der Waals surface area contributed by atoms with E-state index in [1.807, 2.05) is 0 Å². The van der Waals surface area contributed by atoms with Crippen LogP contribution in [0.4, 0.5) is 0 Å². The minimum atomic E-state index is -4.47. The average molecular weight is 612 g/mol. The van der Waals surface area contributed by atoms with Crippen molar-refractivity contribution in [3.63, 3.8) is 0 Å². The normalized spacial score (nSPS) is 19.6. The van der Waals surface area contributed by atoms with E-state index in [1.54, 1.807) is 0 Å². The van der Waals surface area contributed by atoms with Gasteiger partial charge in [0.05, 0.1) is 0 Å². The van der Waals surface area contributed by atoms with Crippen LogP contribution in [0.2, 0.25) is 13.1 Å². The van der Waals surface area contributed by atoms with E-state index in [-0.39, 0.29) is 7.25 Å². The fourth-order valence-electron chi connectivity index (χ4n) is 6.51. The van der Waals surface area contributed by atoms with E-state index in [2.05, 4.69) is 112 Å². The third kappa shape index (κ3) is 4.21. The Morgan fingerprint density at radius 1 is 0.861 bits per heavy atom. The van der Waals surface area contributed by atoms with Gasteiger partial charge in [0.25, 0.3) is 0 Å². The molecule has 2 unspecified atom stereocenters. The SMILES string of the molecule is CCCCc1ccc(-c2cccc3c2C=C(CC)[CH]3[Zr]([Cl])([Cl])([CH]2C=Cc3ccccc32)[SiH](C)C)cc1. The summed E-state index contributed by atoms with van der Waals surface area (Å²) in [5, 5.41) is 0. The number of benzene rings is 3. The molecule has 2 aliphatic carbocycles. The Kier molecular flexibility index (Phi) is 7.47. The molecule has 3 aromatic rings. The second kappa shape index (κ2) is 10.2. The first-order chi connectivity index (χ1) is 17.3. The fraction of sp³-hybridized carbons (Fsp3) is 0.312. The van der Waals surface area contributed by atoms with Gasteiger partial charge < -0.3 is 0 Å². The molecule has 187 valence electrons. The summed E-state index contributed by atoms with van der Waals surface area (Å²) in [4.78, 5) is 0. The van der Waals surface area contributed by atoms with Crippen molar-refractivity contribution in [1.29, 1.82) is 0 Å². The van der Waals surface area contributed by atoms with Crippen LogP contribution >= 0.6 is 17.0 Å². The Hall–Kier alpha value is -1.18. The van der Waals surface area contributed by atoms with Gasteiger partial charge in [0, 0.05) is 0 Å². The zero-order chi connectivity index (χ0) is 25.5. The van der Waals surface area contributed by atoms with Gasteiger partial charge in [-0.25, -0.2) is 0 Å². The maximum atomic E-state index is 8.18. The van der Waals surface area contributed by atoms with Gasteiger partial charge >= 0.3 is 228 Å². The summed E-state index contributed by atoms with van der Waals surface area (Å²) in [6, 6.07) is 24.7. The van der Waals surface area contributed by atoms with Crippen LogP contribution in [0.3, 0.4) is 0 Å². The minimum absolute atomic E-state index is 0.171. The predicted molar refractivity (Wildman–Crippen MR) is 160 cm³/mol. The monoisotopic (exact) mass is 609 g/mol. The van der Waals surface area contributed by atoms with E-state index < -0.39 is 21.5 Å². The molecule has 0 heterocycles. The molecule has 0 amide bonds. The molecule has 0 radical (unpaired) electrons. The summed E-state index contributed by atoms with van der Waals surface area (Å²) in [5.41, 5.74) is 10.8. The summed E-state index contributed by atoms with van der Waals surface area (Å²) in [6.45, 7) is 9.34. The Balaban J connectivity index is 1.64. The van der Waals surface area contributed by atoms with Crippen LogP contribution in [0.1, 0.15) is 68.2 Å². The Bertz CT molecular complexity index is 1340. The van der Waals surface area contributed by atoms with Crippen LogP contribution in [0.25, 0.3) is 23.3 Å². The van der Waals surface area contributed by atoms with Crippen molar-refractivity contribution in [2.75, 3.05) is 0 Å². The second-order valence-corrected chi connectivity index (χ2v) is 53.6. The third-order valence-electron chi connectivity index (χ3n) is 8.69. The molecule has 36 heavy (non-hydrogen) atoms. The van der Waals surface area contributed by atoms with Crippen molar-refractivity contribution < 1.29 is 15.6 Å². The molecule has 0 nitrogen and oxygen atoms in total. The molecule has 4 heteroatoms. The van der Waals surface area contributed by atoms with Gasteiger partial charge in [0.1, 0.15) is 0 Å². The van der Waals surface area contributed by atoms with Gasteiger partial charge in [0.2, 0.25) is 0 Å². The zero-order valence-corrected chi connectivity index (χ0v) is 27.0. The zero-order valence-electron chi connectivity index (χ0n) is 21.9. The average Bonchev–Trinajstić information content (AvgIpc) is 3.50. The van der Waals surface area contributed by atoms with Crippen molar-refractivity contribution in [2.24, 2.45) is 0 Å². The Morgan fingerprint density at radius 2 is 1.58 bits per heavy atom. The molecule has 5 rings (SSSR count). The molecule has 2 aliphatic rings. The maximum absolute atomic E-state index is 8.18. The topological polar surface area (TPSA) is 0 Å². The predicted octanol–water partition coefficient (Wildman–Crippen LogP) is 10.3. The first-order valence-electron chi connectivity index (χ1n) is 13.6. The fourth-order valence-corrected chi connectivity index (χ4v) is 36.1. The number of halogens is 2. The van der Waals surface area contributed by atoms with Crippen molar-refractivity contribution in [3.8, 4) is 11.1 Å². The molecule has 0 aromatic heterocycles. The summed E-state index contributed by atoms with van der Waals surface area (Å²) in [6.07, 6.45) is 11.7. The van der Waals surface area contributed by atoms with E-state index in [9.17, 15) is 0 Å². The molecule has 0 bridgehead atoms. The van der Waals surface area contributed by atoms with Gasteiger partial charge in [-0.15, -0.1) is 0 Å². The third-order valence-corrected chi connectivity index (χ3v) is 60.7. The van der Waals surface area contributed by atoms with E-state index in [1.165, 1.54) is 57.4 Å². The summed E-state index contributed by atoms with van der Waals surface area (Å²) < 4.78 is 0.344. The van der Waals surface area contributed by atoms with Crippen LogP contribution in [-0.4, -0.2) is 5.92 Å². The molecule has 0 fully saturated rings. The molecule has 2 atom stereocenters. The van der Waals surface area contributed by atoms with Gasteiger partial charge in [-0.3, -0.25) is 0 Å². The Labute approximate surface area is 226 Å². The van der Waals surface area contributed by atoms with Gasteiger partial charge in [-0.2, -0.15) is 0 Å². The number of hydrogen-bond acceptors (Lipinski definition) is 0. The number of unbranched alkanes of at least 4 members (excludes halogenated alkanes) is 1. The molecule has 0 saturated carbocycles. The number of rotatable bonds is 8. The quantitative estimate of drug-likeness (QED) is 0.222. The number of fused-ring (bicyclic) bond motifs is 2. The van der Waals surface area contributed by atoms with Crippen molar-refractivity contribution in [3.05, 3.63) is 106 Å². The van der Waals surface area contributed by atoms with E-state index in [0.29, 0.717) is 0 Å². The number of aryl methyl sites for hydroxylation is 1. The van der Waals surface area contributed by atoms with Gasteiger partial charge in [0.15, 0.2) is 0 Å².